The van der Waals surface area contributed by atoms with Gasteiger partial charge in [-0.1, -0.05) is 24.4 Å². The molecule has 3 atom stereocenters. The quantitative estimate of drug-likeness (QED) is 0.800. The fourth-order valence-corrected chi connectivity index (χ4v) is 4.71. The van der Waals surface area contributed by atoms with Gasteiger partial charge < -0.3 is 15.5 Å². The minimum absolute atomic E-state index is 0. The van der Waals surface area contributed by atoms with E-state index in [1.165, 1.54) is 6.42 Å². The van der Waals surface area contributed by atoms with Crippen LogP contribution in [0.4, 0.5) is 0 Å². The molecule has 3 fully saturated rings. The second kappa shape index (κ2) is 8.80. The molecular formula is C20H27Cl2N3O2. The molecule has 4 rings (SSSR count). The molecule has 1 saturated carbocycles. The lowest BCUT2D eigenvalue weighted by molar-refractivity contribution is -0.125. The molecule has 2 N–H and O–H groups in total. The van der Waals surface area contributed by atoms with E-state index in [-0.39, 0.29) is 36.3 Å². The topological polar surface area (TPSA) is 61.4 Å². The number of halogens is 2. The van der Waals surface area contributed by atoms with Crippen LogP contribution in [0.15, 0.2) is 24.3 Å². The lowest BCUT2D eigenvalue weighted by atomic mass is 9.84. The van der Waals surface area contributed by atoms with Gasteiger partial charge in [-0.3, -0.25) is 9.59 Å². The van der Waals surface area contributed by atoms with Crippen molar-refractivity contribution in [2.75, 3.05) is 19.6 Å². The van der Waals surface area contributed by atoms with E-state index in [2.05, 4.69) is 10.6 Å². The van der Waals surface area contributed by atoms with Gasteiger partial charge in [0.25, 0.3) is 5.91 Å². The lowest BCUT2D eigenvalue weighted by Crippen LogP contribution is -2.53. The number of hydrogen-bond donors (Lipinski definition) is 2. The molecule has 0 spiro atoms. The van der Waals surface area contributed by atoms with Gasteiger partial charge in [0.05, 0.1) is 0 Å². The average Bonchev–Trinajstić information content (AvgIpc) is 3.00. The van der Waals surface area contributed by atoms with Gasteiger partial charge in [0.1, 0.15) is 6.04 Å². The van der Waals surface area contributed by atoms with Gasteiger partial charge in [-0.2, -0.15) is 0 Å². The maximum atomic E-state index is 13.2. The second-order valence-corrected chi connectivity index (χ2v) is 8.29. The highest BCUT2D eigenvalue weighted by Crippen LogP contribution is 2.40. The molecule has 1 aliphatic carbocycles. The molecule has 0 radical (unpaired) electrons. The SMILES string of the molecule is Cl.O=C(NCC1CNC1)C1CC2CCCCC2N1C(=O)c1ccc(Cl)cc1. The first-order valence-corrected chi connectivity index (χ1v) is 10.1. The number of benzene rings is 1. The highest BCUT2D eigenvalue weighted by Gasteiger charge is 2.47. The Hall–Kier alpha value is -1.30. The first kappa shape index (κ1) is 20.4. The molecule has 2 aliphatic heterocycles. The predicted molar refractivity (Wildman–Crippen MR) is 108 cm³/mol. The molecule has 2 heterocycles. The summed E-state index contributed by atoms with van der Waals surface area (Å²) in [5.41, 5.74) is 0.613. The molecule has 3 aliphatic rings. The molecule has 148 valence electrons. The van der Waals surface area contributed by atoms with Gasteiger partial charge in [0, 0.05) is 42.2 Å². The fraction of sp³-hybridized carbons (Fsp3) is 0.600. The molecule has 27 heavy (non-hydrogen) atoms. The minimum Gasteiger partial charge on any atom is -0.354 e. The third kappa shape index (κ3) is 4.25. The van der Waals surface area contributed by atoms with Crippen molar-refractivity contribution >= 4 is 35.8 Å². The number of carbonyl (C=O) groups excluding carboxylic acids is 2. The maximum Gasteiger partial charge on any atom is 0.254 e. The summed E-state index contributed by atoms with van der Waals surface area (Å²) in [5, 5.41) is 6.92. The molecule has 1 aromatic rings. The van der Waals surface area contributed by atoms with E-state index in [0.717, 1.165) is 38.8 Å². The number of nitrogens with one attached hydrogen (secondary N) is 2. The molecule has 2 amide bonds. The number of nitrogens with zero attached hydrogens (tertiary/aromatic N) is 1. The smallest absolute Gasteiger partial charge is 0.254 e. The van der Waals surface area contributed by atoms with E-state index >= 15 is 0 Å². The van der Waals surface area contributed by atoms with Crippen LogP contribution in [0.3, 0.4) is 0 Å². The summed E-state index contributed by atoms with van der Waals surface area (Å²) in [6, 6.07) is 6.84. The monoisotopic (exact) mass is 411 g/mol. The van der Waals surface area contributed by atoms with Crippen LogP contribution >= 0.6 is 24.0 Å². The number of hydrogen-bond acceptors (Lipinski definition) is 3. The first-order chi connectivity index (χ1) is 12.6. The van der Waals surface area contributed by atoms with Crippen LogP contribution < -0.4 is 10.6 Å². The second-order valence-electron chi connectivity index (χ2n) is 7.85. The highest BCUT2D eigenvalue weighted by molar-refractivity contribution is 6.30. The van der Waals surface area contributed by atoms with Crippen molar-refractivity contribution in [2.24, 2.45) is 11.8 Å². The Kier molecular flexibility index (Phi) is 6.66. The summed E-state index contributed by atoms with van der Waals surface area (Å²) in [5.74, 6) is 0.930. The van der Waals surface area contributed by atoms with Crippen LogP contribution in [0.1, 0.15) is 42.5 Å². The zero-order valence-electron chi connectivity index (χ0n) is 15.3. The van der Waals surface area contributed by atoms with E-state index < -0.39 is 0 Å². The summed E-state index contributed by atoms with van der Waals surface area (Å²) < 4.78 is 0. The highest BCUT2D eigenvalue weighted by atomic mass is 35.5. The Bertz CT molecular complexity index is 678. The van der Waals surface area contributed by atoms with Crippen LogP contribution in [-0.4, -0.2) is 48.4 Å². The number of rotatable bonds is 4. The van der Waals surface area contributed by atoms with Gasteiger partial charge >= 0.3 is 0 Å². The van der Waals surface area contributed by atoms with Crippen LogP contribution in [0.2, 0.25) is 5.02 Å². The van der Waals surface area contributed by atoms with Crippen molar-refractivity contribution in [1.29, 1.82) is 0 Å². The van der Waals surface area contributed by atoms with Gasteiger partial charge in [-0.05, 0) is 49.4 Å². The summed E-state index contributed by atoms with van der Waals surface area (Å²) in [4.78, 5) is 28.0. The normalized spacial score (nSPS) is 27.3. The minimum atomic E-state index is -0.348. The van der Waals surface area contributed by atoms with E-state index in [1.54, 1.807) is 24.3 Å². The van der Waals surface area contributed by atoms with E-state index in [1.807, 2.05) is 4.90 Å². The number of amides is 2. The Morgan fingerprint density at radius 2 is 1.85 bits per heavy atom. The Morgan fingerprint density at radius 1 is 1.15 bits per heavy atom. The van der Waals surface area contributed by atoms with Crippen molar-refractivity contribution in [3.63, 3.8) is 0 Å². The van der Waals surface area contributed by atoms with Crippen molar-refractivity contribution in [1.82, 2.24) is 15.5 Å². The maximum absolute atomic E-state index is 13.2. The zero-order chi connectivity index (χ0) is 18.1. The van der Waals surface area contributed by atoms with Crippen molar-refractivity contribution in [2.45, 2.75) is 44.2 Å². The molecule has 5 nitrogen and oxygen atoms in total. The summed E-state index contributed by atoms with van der Waals surface area (Å²) in [6.45, 7) is 2.62. The van der Waals surface area contributed by atoms with Gasteiger partial charge in [0.15, 0.2) is 0 Å². The molecular weight excluding hydrogens is 385 g/mol. The summed E-state index contributed by atoms with van der Waals surface area (Å²) >= 11 is 5.96. The third-order valence-electron chi connectivity index (χ3n) is 6.15. The van der Waals surface area contributed by atoms with E-state index in [0.29, 0.717) is 29.0 Å². The van der Waals surface area contributed by atoms with Gasteiger partial charge in [-0.25, -0.2) is 0 Å². The van der Waals surface area contributed by atoms with Crippen molar-refractivity contribution in [3.05, 3.63) is 34.9 Å². The van der Waals surface area contributed by atoms with Gasteiger partial charge in [-0.15, -0.1) is 12.4 Å². The Balaban J connectivity index is 0.00000210. The summed E-state index contributed by atoms with van der Waals surface area (Å²) in [7, 11) is 0. The third-order valence-corrected chi connectivity index (χ3v) is 6.40. The summed E-state index contributed by atoms with van der Waals surface area (Å²) in [6.07, 6.45) is 5.24. The van der Waals surface area contributed by atoms with Crippen LogP contribution in [0.5, 0.6) is 0 Å². The van der Waals surface area contributed by atoms with Crippen LogP contribution in [0, 0.1) is 11.8 Å². The molecule has 7 heteroatoms. The Morgan fingerprint density at radius 3 is 2.52 bits per heavy atom. The molecule has 0 bridgehead atoms. The lowest BCUT2D eigenvalue weighted by Gasteiger charge is -2.34. The number of likely N-dealkylation sites (tertiary alicyclic amines) is 1. The average molecular weight is 412 g/mol. The predicted octanol–water partition coefficient (Wildman–Crippen LogP) is 2.87. The van der Waals surface area contributed by atoms with Crippen LogP contribution in [0.25, 0.3) is 0 Å². The zero-order valence-corrected chi connectivity index (χ0v) is 16.9. The molecule has 0 aromatic heterocycles. The fourth-order valence-electron chi connectivity index (χ4n) is 4.58. The molecule has 2 saturated heterocycles. The Labute approximate surface area is 171 Å². The molecule has 1 aromatic carbocycles. The van der Waals surface area contributed by atoms with Gasteiger partial charge in [0.2, 0.25) is 5.91 Å². The molecule has 3 unspecified atom stereocenters. The number of fused-ring (bicyclic) bond motifs is 1. The standard InChI is InChI=1S/C20H26ClN3O2.ClH/c21-16-7-5-14(6-8-16)20(26)24-17-4-2-1-3-15(17)9-18(24)19(25)23-12-13-10-22-11-13;/h5-8,13,15,17-18,22H,1-4,9-12H2,(H,23,25);1H. The van der Waals surface area contributed by atoms with Crippen molar-refractivity contribution in [3.8, 4) is 0 Å². The first-order valence-electron chi connectivity index (χ1n) is 9.70. The largest absolute Gasteiger partial charge is 0.354 e. The van der Waals surface area contributed by atoms with E-state index in [9.17, 15) is 9.59 Å². The number of carbonyl (C=O) groups is 2. The van der Waals surface area contributed by atoms with Crippen molar-refractivity contribution < 1.29 is 9.59 Å². The van der Waals surface area contributed by atoms with E-state index in [4.69, 9.17) is 11.6 Å². The van der Waals surface area contributed by atoms with Crippen LogP contribution in [-0.2, 0) is 4.79 Å².